The highest BCUT2D eigenvalue weighted by Crippen LogP contribution is 2.19. The summed E-state index contributed by atoms with van der Waals surface area (Å²) < 4.78 is 23.3. The lowest BCUT2D eigenvalue weighted by atomic mass is 10.2. The van der Waals surface area contributed by atoms with Gasteiger partial charge in [-0.05, 0) is 6.07 Å². The predicted molar refractivity (Wildman–Crippen MR) is 62.7 cm³/mol. The van der Waals surface area contributed by atoms with E-state index in [-0.39, 0.29) is 11.6 Å². The lowest BCUT2D eigenvalue weighted by Crippen LogP contribution is -2.18. The van der Waals surface area contributed by atoms with Crippen LogP contribution in [0.15, 0.2) is 29.1 Å². The molecule has 6 heteroatoms. The van der Waals surface area contributed by atoms with E-state index in [2.05, 4.69) is 20.0 Å². The number of nitrogens with zero attached hydrogens (tertiary/aromatic N) is 2. The third-order valence-corrected chi connectivity index (χ3v) is 2.51. The molecule has 2 rings (SSSR count). The van der Waals surface area contributed by atoms with Crippen molar-refractivity contribution in [1.82, 2.24) is 15.5 Å². The van der Waals surface area contributed by atoms with Crippen LogP contribution in [-0.4, -0.2) is 23.8 Å². The van der Waals surface area contributed by atoms with Crippen molar-refractivity contribution >= 4 is 0 Å². The van der Waals surface area contributed by atoms with Crippen LogP contribution in [0.1, 0.15) is 11.4 Å². The van der Waals surface area contributed by atoms with Gasteiger partial charge in [0.05, 0.1) is 7.11 Å². The Labute approximate surface area is 104 Å². The van der Waals surface area contributed by atoms with Gasteiger partial charge >= 0.3 is 0 Å². The highest BCUT2D eigenvalue weighted by atomic mass is 19.1. The fraction of sp³-hybridized carbons (Fsp3) is 0.333. The van der Waals surface area contributed by atoms with Gasteiger partial charge in [0.15, 0.2) is 17.4 Å². The number of hydrogen-bond acceptors (Lipinski definition) is 5. The number of benzene rings is 1. The second-order valence-corrected chi connectivity index (χ2v) is 3.71. The maximum Gasteiger partial charge on any atom is 0.213 e. The van der Waals surface area contributed by atoms with Gasteiger partial charge < -0.3 is 14.6 Å². The molecule has 0 saturated carbocycles. The number of aromatic nitrogens is 2. The Kier molecular flexibility index (Phi) is 4.25. The molecule has 1 aromatic carbocycles. The molecule has 1 N–H and O–H groups in total. The van der Waals surface area contributed by atoms with E-state index in [4.69, 9.17) is 4.74 Å². The smallest absolute Gasteiger partial charge is 0.213 e. The quantitative estimate of drug-likeness (QED) is 0.789. The minimum absolute atomic E-state index is 0.257. The lowest BCUT2D eigenvalue weighted by Gasteiger charge is -2.07. The van der Waals surface area contributed by atoms with E-state index < -0.39 is 0 Å². The van der Waals surface area contributed by atoms with Crippen LogP contribution in [0.3, 0.4) is 0 Å². The standard InChI is InChI=1S/C12H14FN3O2/c1-17-10-4-2-3-9(12(10)13)7-14-6-5-11-15-8-18-16-11/h2-4,8,14H,5-7H2,1H3. The van der Waals surface area contributed by atoms with Crippen LogP contribution < -0.4 is 10.1 Å². The van der Waals surface area contributed by atoms with E-state index in [1.54, 1.807) is 18.2 Å². The van der Waals surface area contributed by atoms with Crippen LogP contribution in [0.2, 0.25) is 0 Å². The monoisotopic (exact) mass is 251 g/mol. The average molecular weight is 251 g/mol. The first-order valence-corrected chi connectivity index (χ1v) is 5.58. The van der Waals surface area contributed by atoms with Crippen LogP contribution >= 0.6 is 0 Å². The van der Waals surface area contributed by atoms with E-state index in [0.29, 0.717) is 30.9 Å². The third-order valence-electron chi connectivity index (χ3n) is 2.51. The van der Waals surface area contributed by atoms with E-state index in [9.17, 15) is 4.39 Å². The largest absolute Gasteiger partial charge is 0.494 e. The molecule has 18 heavy (non-hydrogen) atoms. The zero-order chi connectivity index (χ0) is 12.8. The molecule has 2 aromatic rings. The third kappa shape index (κ3) is 3.04. The van der Waals surface area contributed by atoms with Crippen molar-refractivity contribution < 1.29 is 13.7 Å². The maximum absolute atomic E-state index is 13.8. The predicted octanol–water partition coefficient (Wildman–Crippen LogP) is 1.55. The summed E-state index contributed by atoms with van der Waals surface area (Å²) in [7, 11) is 1.45. The molecule has 0 fully saturated rings. The molecule has 0 bridgehead atoms. The molecule has 0 saturated heterocycles. The Hall–Kier alpha value is -1.95. The molecule has 0 amide bonds. The maximum atomic E-state index is 13.8. The number of rotatable bonds is 6. The van der Waals surface area contributed by atoms with Crippen LogP contribution in [0.5, 0.6) is 5.75 Å². The SMILES string of the molecule is COc1cccc(CNCCc2ncon2)c1F. The second kappa shape index (κ2) is 6.11. The number of ether oxygens (including phenoxy) is 1. The number of halogens is 1. The molecule has 1 heterocycles. The summed E-state index contributed by atoms with van der Waals surface area (Å²) in [6.07, 6.45) is 1.93. The summed E-state index contributed by atoms with van der Waals surface area (Å²) in [4.78, 5) is 3.89. The molecule has 0 radical (unpaired) electrons. The van der Waals surface area contributed by atoms with Crippen molar-refractivity contribution in [3.05, 3.63) is 41.8 Å². The van der Waals surface area contributed by atoms with E-state index >= 15 is 0 Å². The van der Waals surface area contributed by atoms with Gasteiger partial charge in [-0.15, -0.1) is 0 Å². The van der Waals surface area contributed by atoms with Gasteiger partial charge in [0, 0.05) is 25.1 Å². The summed E-state index contributed by atoms with van der Waals surface area (Å²) in [5.41, 5.74) is 0.572. The molecule has 0 spiro atoms. The van der Waals surface area contributed by atoms with Crippen molar-refractivity contribution in [1.29, 1.82) is 0 Å². The molecular weight excluding hydrogens is 237 g/mol. The minimum atomic E-state index is -0.327. The zero-order valence-electron chi connectivity index (χ0n) is 10.0. The minimum Gasteiger partial charge on any atom is -0.494 e. The first kappa shape index (κ1) is 12.5. The van der Waals surface area contributed by atoms with Gasteiger partial charge in [-0.3, -0.25) is 0 Å². The Morgan fingerprint density at radius 1 is 1.44 bits per heavy atom. The molecule has 0 atom stereocenters. The van der Waals surface area contributed by atoms with Crippen molar-refractivity contribution in [2.45, 2.75) is 13.0 Å². The molecule has 96 valence electrons. The Bertz CT molecular complexity index is 488. The topological polar surface area (TPSA) is 60.2 Å². The van der Waals surface area contributed by atoms with Gasteiger partial charge in [-0.1, -0.05) is 17.3 Å². The normalized spacial score (nSPS) is 10.6. The fourth-order valence-electron chi connectivity index (χ4n) is 1.58. The van der Waals surface area contributed by atoms with Gasteiger partial charge in [-0.25, -0.2) is 4.39 Å². The highest BCUT2D eigenvalue weighted by Gasteiger charge is 2.07. The van der Waals surface area contributed by atoms with Gasteiger partial charge in [0.1, 0.15) is 0 Å². The van der Waals surface area contributed by atoms with Crippen LogP contribution in [0.4, 0.5) is 4.39 Å². The molecular formula is C12H14FN3O2. The summed E-state index contributed by atoms with van der Waals surface area (Å²) in [5, 5.41) is 6.80. The fourth-order valence-corrected chi connectivity index (χ4v) is 1.58. The van der Waals surface area contributed by atoms with E-state index in [1.165, 1.54) is 13.5 Å². The lowest BCUT2D eigenvalue weighted by molar-refractivity contribution is 0.383. The second-order valence-electron chi connectivity index (χ2n) is 3.71. The van der Waals surface area contributed by atoms with Gasteiger partial charge in [0.2, 0.25) is 6.39 Å². The van der Waals surface area contributed by atoms with Crippen LogP contribution in [-0.2, 0) is 13.0 Å². The van der Waals surface area contributed by atoms with Crippen molar-refractivity contribution in [2.75, 3.05) is 13.7 Å². The van der Waals surface area contributed by atoms with Crippen LogP contribution in [0.25, 0.3) is 0 Å². The van der Waals surface area contributed by atoms with Gasteiger partial charge in [0.25, 0.3) is 0 Å². The molecule has 0 unspecified atom stereocenters. The average Bonchev–Trinajstić information content (AvgIpc) is 2.89. The summed E-state index contributed by atoms with van der Waals surface area (Å²) in [6.45, 7) is 1.08. The summed E-state index contributed by atoms with van der Waals surface area (Å²) >= 11 is 0. The first-order chi connectivity index (χ1) is 8.81. The first-order valence-electron chi connectivity index (χ1n) is 5.58. The summed E-state index contributed by atoms with van der Waals surface area (Å²) in [5.74, 6) is 0.563. The molecule has 5 nitrogen and oxygen atoms in total. The molecule has 0 aliphatic heterocycles. The van der Waals surface area contributed by atoms with Crippen molar-refractivity contribution in [2.24, 2.45) is 0 Å². The van der Waals surface area contributed by atoms with E-state index in [0.717, 1.165) is 0 Å². The molecule has 0 aliphatic carbocycles. The number of nitrogens with one attached hydrogen (secondary N) is 1. The number of hydrogen-bond donors (Lipinski definition) is 1. The van der Waals surface area contributed by atoms with E-state index in [1.807, 2.05) is 0 Å². The zero-order valence-corrected chi connectivity index (χ0v) is 10.0. The Balaban J connectivity index is 1.83. The van der Waals surface area contributed by atoms with Crippen molar-refractivity contribution in [3.63, 3.8) is 0 Å². The Morgan fingerprint density at radius 3 is 3.06 bits per heavy atom. The molecule has 1 aromatic heterocycles. The number of methoxy groups -OCH3 is 1. The summed E-state index contributed by atoms with van der Waals surface area (Å²) in [6, 6.07) is 5.08. The molecule has 0 aliphatic rings. The van der Waals surface area contributed by atoms with Crippen LogP contribution in [0, 0.1) is 5.82 Å². The highest BCUT2D eigenvalue weighted by molar-refractivity contribution is 5.30. The van der Waals surface area contributed by atoms with Gasteiger partial charge in [-0.2, -0.15) is 4.98 Å². The Morgan fingerprint density at radius 2 is 2.33 bits per heavy atom. The van der Waals surface area contributed by atoms with Crippen molar-refractivity contribution in [3.8, 4) is 5.75 Å².